The van der Waals surface area contributed by atoms with Gasteiger partial charge in [0, 0.05) is 29.4 Å². The fraction of sp³-hybridized carbons (Fsp3) is 0.364. The van der Waals surface area contributed by atoms with Gasteiger partial charge in [-0.3, -0.25) is 4.79 Å². The lowest BCUT2D eigenvalue weighted by Crippen LogP contribution is -2.48. The van der Waals surface area contributed by atoms with Crippen LogP contribution in [0.5, 0.6) is 0 Å². The summed E-state index contributed by atoms with van der Waals surface area (Å²) in [5, 5.41) is 12.6. The smallest absolute Gasteiger partial charge is 0.239 e. The van der Waals surface area contributed by atoms with Gasteiger partial charge < -0.3 is 15.3 Å². The van der Waals surface area contributed by atoms with E-state index in [2.05, 4.69) is 5.32 Å². The first-order chi connectivity index (χ1) is 7.72. The molecule has 1 aliphatic rings. The minimum atomic E-state index is -0.118. The normalized spacial score (nSPS) is 16.1. The average Bonchev–Trinajstić information content (AvgIpc) is 2.28. The zero-order valence-corrected chi connectivity index (χ0v) is 9.50. The molecule has 0 aliphatic carbocycles. The Morgan fingerprint density at radius 2 is 2.31 bits per heavy atom. The number of hydrogen-bond acceptors (Lipinski definition) is 3. The molecule has 0 radical (unpaired) electrons. The number of rotatable bonds is 2. The van der Waals surface area contributed by atoms with Gasteiger partial charge in [0.05, 0.1) is 13.2 Å². The van der Waals surface area contributed by atoms with E-state index < -0.39 is 0 Å². The molecule has 1 fully saturated rings. The highest BCUT2D eigenvalue weighted by Gasteiger charge is 2.19. The number of hydrogen-bond donors (Lipinski definition) is 2. The van der Waals surface area contributed by atoms with E-state index in [1.807, 2.05) is 17.0 Å². The molecule has 1 heterocycles. The molecule has 0 spiro atoms. The van der Waals surface area contributed by atoms with Gasteiger partial charge in [-0.1, -0.05) is 17.7 Å². The van der Waals surface area contributed by atoms with Gasteiger partial charge in [-0.25, -0.2) is 0 Å². The van der Waals surface area contributed by atoms with Gasteiger partial charge in [-0.05, 0) is 12.1 Å². The maximum absolute atomic E-state index is 11.3. The quantitative estimate of drug-likeness (QED) is 0.803. The second-order valence-electron chi connectivity index (χ2n) is 3.67. The lowest BCUT2D eigenvalue weighted by atomic mass is 10.1. The van der Waals surface area contributed by atoms with Gasteiger partial charge in [-0.15, -0.1) is 0 Å². The van der Waals surface area contributed by atoms with Gasteiger partial charge in [0.1, 0.15) is 0 Å². The van der Waals surface area contributed by atoms with Gasteiger partial charge in [0.2, 0.25) is 5.91 Å². The summed E-state index contributed by atoms with van der Waals surface area (Å²) in [6.45, 7) is 1.55. The standard InChI is InChI=1S/C11H13ClN2O2/c12-9-2-1-3-10(8(9)7-15)14-5-4-13-11(16)6-14/h1-3,15H,4-7H2,(H,13,16). The van der Waals surface area contributed by atoms with E-state index in [1.165, 1.54) is 0 Å². The lowest BCUT2D eigenvalue weighted by Gasteiger charge is -2.30. The molecule has 0 bridgehead atoms. The van der Waals surface area contributed by atoms with Gasteiger partial charge in [-0.2, -0.15) is 0 Å². The van der Waals surface area contributed by atoms with Crippen LogP contribution in [0.3, 0.4) is 0 Å². The maximum Gasteiger partial charge on any atom is 0.239 e. The van der Waals surface area contributed by atoms with Crippen LogP contribution in [0.25, 0.3) is 0 Å². The maximum atomic E-state index is 11.3. The van der Waals surface area contributed by atoms with Crippen molar-refractivity contribution in [2.75, 3.05) is 24.5 Å². The van der Waals surface area contributed by atoms with Crippen LogP contribution < -0.4 is 10.2 Å². The number of aliphatic hydroxyl groups is 1. The first kappa shape index (κ1) is 11.2. The van der Waals surface area contributed by atoms with Crippen LogP contribution >= 0.6 is 11.6 Å². The molecule has 1 aromatic rings. The fourth-order valence-corrected chi connectivity index (χ4v) is 2.07. The number of amides is 1. The van der Waals surface area contributed by atoms with Crippen molar-refractivity contribution in [2.24, 2.45) is 0 Å². The fourth-order valence-electron chi connectivity index (χ4n) is 1.84. The number of benzene rings is 1. The third kappa shape index (κ3) is 2.13. The van der Waals surface area contributed by atoms with E-state index in [0.717, 1.165) is 12.2 Å². The molecule has 0 aromatic heterocycles. The summed E-state index contributed by atoms with van der Waals surface area (Å²) in [6.07, 6.45) is 0. The van der Waals surface area contributed by atoms with Crippen LogP contribution in [0.4, 0.5) is 5.69 Å². The summed E-state index contributed by atoms with van der Waals surface area (Å²) >= 11 is 6.00. The summed E-state index contributed by atoms with van der Waals surface area (Å²) in [5.74, 6) is -0.00452. The Hall–Kier alpha value is -1.26. The van der Waals surface area contributed by atoms with E-state index in [9.17, 15) is 9.90 Å². The molecule has 1 amide bonds. The second kappa shape index (κ2) is 4.72. The molecule has 2 rings (SSSR count). The average molecular weight is 241 g/mol. The number of anilines is 1. The van der Waals surface area contributed by atoms with E-state index in [1.54, 1.807) is 6.07 Å². The Labute approximate surface area is 98.8 Å². The third-order valence-corrected chi connectivity index (χ3v) is 2.99. The second-order valence-corrected chi connectivity index (χ2v) is 4.07. The minimum absolute atomic E-state index is 0.00452. The summed E-state index contributed by atoms with van der Waals surface area (Å²) in [7, 11) is 0. The predicted octanol–water partition coefficient (Wildman–Crippen LogP) is 0.768. The van der Waals surface area contributed by atoms with Crippen molar-refractivity contribution in [3.05, 3.63) is 28.8 Å². The van der Waals surface area contributed by atoms with Gasteiger partial charge in [0.25, 0.3) is 0 Å². The van der Waals surface area contributed by atoms with Gasteiger partial charge in [0.15, 0.2) is 0 Å². The zero-order valence-electron chi connectivity index (χ0n) is 8.74. The molecule has 86 valence electrons. The van der Waals surface area contributed by atoms with Crippen molar-refractivity contribution in [1.82, 2.24) is 5.32 Å². The third-order valence-electron chi connectivity index (χ3n) is 2.63. The molecule has 0 unspecified atom stereocenters. The highest BCUT2D eigenvalue weighted by atomic mass is 35.5. The Morgan fingerprint density at radius 3 is 3.00 bits per heavy atom. The van der Waals surface area contributed by atoms with Crippen LogP contribution in [0.2, 0.25) is 5.02 Å². The summed E-state index contributed by atoms with van der Waals surface area (Å²) < 4.78 is 0. The summed E-state index contributed by atoms with van der Waals surface area (Å²) in [6, 6.07) is 5.43. The molecular weight excluding hydrogens is 228 g/mol. The number of nitrogens with zero attached hydrogens (tertiary/aromatic N) is 1. The van der Waals surface area contributed by atoms with Crippen LogP contribution in [0.15, 0.2) is 18.2 Å². The Morgan fingerprint density at radius 1 is 1.50 bits per heavy atom. The Kier molecular flexibility index (Phi) is 3.31. The van der Waals surface area contributed by atoms with Crippen LogP contribution in [0.1, 0.15) is 5.56 Å². The van der Waals surface area contributed by atoms with Crippen molar-refractivity contribution in [2.45, 2.75) is 6.61 Å². The molecule has 0 saturated carbocycles. The predicted molar refractivity (Wildman–Crippen MR) is 62.6 cm³/mol. The molecule has 1 aliphatic heterocycles. The first-order valence-electron chi connectivity index (χ1n) is 5.12. The highest BCUT2D eigenvalue weighted by molar-refractivity contribution is 6.31. The molecule has 0 atom stereocenters. The number of piperazine rings is 1. The Bertz CT molecular complexity index is 409. The Balaban J connectivity index is 2.31. The topological polar surface area (TPSA) is 52.6 Å². The van der Waals surface area contributed by atoms with E-state index in [-0.39, 0.29) is 12.5 Å². The van der Waals surface area contributed by atoms with E-state index in [0.29, 0.717) is 23.7 Å². The van der Waals surface area contributed by atoms with E-state index >= 15 is 0 Å². The summed E-state index contributed by atoms with van der Waals surface area (Å²) in [5.41, 5.74) is 1.52. The highest BCUT2D eigenvalue weighted by Crippen LogP contribution is 2.27. The van der Waals surface area contributed by atoms with Crippen LogP contribution in [-0.2, 0) is 11.4 Å². The van der Waals surface area contributed by atoms with Crippen molar-refractivity contribution in [3.8, 4) is 0 Å². The number of carbonyl (C=O) groups excluding carboxylic acids is 1. The lowest BCUT2D eigenvalue weighted by molar-refractivity contribution is -0.120. The van der Waals surface area contributed by atoms with Crippen LogP contribution in [0, 0.1) is 0 Å². The molecule has 4 nitrogen and oxygen atoms in total. The van der Waals surface area contributed by atoms with E-state index in [4.69, 9.17) is 11.6 Å². The molecular formula is C11H13ClN2O2. The summed E-state index contributed by atoms with van der Waals surface area (Å²) in [4.78, 5) is 13.2. The largest absolute Gasteiger partial charge is 0.392 e. The molecule has 1 aromatic carbocycles. The molecule has 16 heavy (non-hydrogen) atoms. The number of aliphatic hydroxyl groups excluding tert-OH is 1. The van der Waals surface area contributed by atoms with Crippen molar-refractivity contribution in [3.63, 3.8) is 0 Å². The van der Waals surface area contributed by atoms with Crippen molar-refractivity contribution in [1.29, 1.82) is 0 Å². The number of nitrogens with one attached hydrogen (secondary N) is 1. The minimum Gasteiger partial charge on any atom is -0.392 e. The zero-order chi connectivity index (χ0) is 11.5. The van der Waals surface area contributed by atoms with Gasteiger partial charge >= 0.3 is 0 Å². The van der Waals surface area contributed by atoms with Crippen molar-refractivity contribution >= 4 is 23.2 Å². The first-order valence-corrected chi connectivity index (χ1v) is 5.50. The number of halogens is 1. The molecule has 5 heteroatoms. The van der Waals surface area contributed by atoms with Crippen molar-refractivity contribution < 1.29 is 9.90 Å². The SMILES string of the molecule is O=C1CN(c2cccc(Cl)c2CO)CCN1. The molecule has 2 N–H and O–H groups in total. The number of carbonyl (C=O) groups is 1. The molecule has 1 saturated heterocycles. The monoisotopic (exact) mass is 240 g/mol. The van der Waals surface area contributed by atoms with Crippen LogP contribution in [-0.4, -0.2) is 30.6 Å².